The number of hydrogen-bond acceptors (Lipinski definition) is 3. The lowest BCUT2D eigenvalue weighted by Gasteiger charge is -2.16. The van der Waals surface area contributed by atoms with E-state index >= 15 is 0 Å². The number of carbonyl (C=O) groups is 1. The molecule has 0 spiro atoms. The highest BCUT2D eigenvalue weighted by Gasteiger charge is 2.17. The third-order valence-corrected chi connectivity index (χ3v) is 3.29. The van der Waals surface area contributed by atoms with Crippen molar-refractivity contribution in [2.75, 3.05) is 0 Å². The van der Waals surface area contributed by atoms with Gasteiger partial charge in [0.15, 0.2) is 8.22 Å². The van der Waals surface area contributed by atoms with Crippen LogP contribution in [0.15, 0.2) is 0 Å². The smallest absolute Gasteiger partial charge is 0.420 e. The summed E-state index contributed by atoms with van der Waals surface area (Å²) in [6.07, 6.45) is 1.15. The molecule has 2 atom stereocenters. The molecule has 0 saturated carbocycles. The van der Waals surface area contributed by atoms with Crippen molar-refractivity contribution in [3.63, 3.8) is 0 Å². The van der Waals surface area contributed by atoms with E-state index in [0.717, 1.165) is 12.8 Å². The van der Waals surface area contributed by atoms with Crippen molar-refractivity contribution in [1.82, 2.24) is 0 Å². The molecule has 0 fully saturated rings. The zero-order valence-corrected chi connectivity index (χ0v) is 14.5. The molecule has 0 rings (SSSR count). The van der Waals surface area contributed by atoms with Gasteiger partial charge in [-0.25, -0.2) is 4.79 Å². The molecule has 3 nitrogen and oxygen atoms in total. The van der Waals surface area contributed by atoms with Crippen LogP contribution < -0.4 is 0 Å². The maximum atomic E-state index is 11.4. The highest BCUT2D eigenvalue weighted by atomic mass is 127. The maximum absolute atomic E-state index is 11.4. The zero-order chi connectivity index (χ0) is 12.7. The van der Waals surface area contributed by atoms with Gasteiger partial charge in [0.1, 0.15) is 0 Å². The highest BCUT2D eigenvalue weighted by molar-refractivity contribution is 14.1. The normalized spacial score (nSPS) is 15.0. The van der Waals surface area contributed by atoms with Crippen molar-refractivity contribution in [1.29, 1.82) is 0 Å². The monoisotopic (exact) mass is 454 g/mol. The van der Waals surface area contributed by atoms with Gasteiger partial charge in [-0.1, -0.05) is 27.7 Å². The van der Waals surface area contributed by atoms with Gasteiger partial charge in [0.25, 0.3) is 0 Å². The first-order valence-electron chi connectivity index (χ1n) is 5.46. The first-order valence-corrected chi connectivity index (χ1v) is 7.95. The average Bonchev–Trinajstić information content (AvgIpc) is 1.97. The lowest BCUT2D eigenvalue weighted by atomic mass is 10.1. The maximum Gasteiger partial charge on any atom is 0.510 e. The lowest BCUT2D eigenvalue weighted by molar-refractivity contribution is 0.0400. The van der Waals surface area contributed by atoms with Crippen LogP contribution in [0.2, 0.25) is 0 Å². The molecule has 0 aromatic carbocycles. The van der Waals surface area contributed by atoms with E-state index in [2.05, 4.69) is 72.9 Å². The Bertz CT molecular complexity index is 187. The van der Waals surface area contributed by atoms with Gasteiger partial charge in [0.2, 0.25) is 0 Å². The van der Waals surface area contributed by atoms with Crippen molar-refractivity contribution in [2.45, 2.75) is 48.8 Å². The lowest BCUT2D eigenvalue weighted by Crippen LogP contribution is -2.19. The predicted molar refractivity (Wildman–Crippen MR) is 82.1 cm³/mol. The van der Waals surface area contributed by atoms with E-state index < -0.39 is 6.16 Å². The van der Waals surface area contributed by atoms with Gasteiger partial charge in [-0.3, -0.25) is 0 Å². The zero-order valence-electron chi connectivity index (χ0n) is 10.2. The average molecular weight is 454 g/mol. The fourth-order valence-electron chi connectivity index (χ4n) is 1.07. The number of ether oxygens (including phenoxy) is 2. The molecule has 0 aromatic rings. The molecule has 2 unspecified atom stereocenters. The number of alkyl halides is 2. The van der Waals surface area contributed by atoms with Crippen LogP contribution in [0.25, 0.3) is 0 Å². The van der Waals surface area contributed by atoms with Gasteiger partial charge >= 0.3 is 6.16 Å². The van der Waals surface area contributed by atoms with Crippen LogP contribution >= 0.6 is 45.2 Å². The van der Waals surface area contributed by atoms with Gasteiger partial charge in [0, 0.05) is 0 Å². The molecule has 0 radical (unpaired) electrons. The molecule has 0 aliphatic rings. The Morgan fingerprint density at radius 1 is 0.938 bits per heavy atom. The van der Waals surface area contributed by atoms with Crippen LogP contribution in [0.1, 0.15) is 40.5 Å². The molecule has 96 valence electrons. The third-order valence-electron chi connectivity index (χ3n) is 1.76. The second-order valence-electron chi connectivity index (χ2n) is 4.56. The van der Waals surface area contributed by atoms with Crippen LogP contribution in [0.5, 0.6) is 0 Å². The van der Waals surface area contributed by atoms with E-state index in [1.807, 2.05) is 0 Å². The Morgan fingerprint density at radius 2 is 1.25 bits per heavy atom. The third kappa shape index (κ3) is 9.92. The SMILES string of the molecule is CC(C)CC(I)OC(=O)OC(I)CC(C)C. The minimum absolute atomic E-state index is 0.104. The molecular weight excluding hydrogens is 434 g/mol. The topological polar surface area (TPSA) is 35.5 Å². The summed E-state index contributed by atoms with van der Waals surface area (Å²) in [7, 11) is 0. The molecule has 0 N–H and O–H groups in total. The Labute approximate surface area is 125 Å². The summed E-state index contributed by atoms with van der Waals surface area (Å²) >= 11 is 4.24. The van der Waals surface area contributed by atoms with Crippen molar-refractivity contribution in [2.24, 2.45) is 11.8 Å². The fourth-order valence-corrected chi connectivity index (χ4v) is 3.52. The van der Waals surface area contributed by atoms with Crippen LogP contribution in [0.4, 0.5) is 4.79 Å². The molecule has 0 amide bonds. The van der Waals surface area contributed by atoms with Crippen LogP contribution in [-0.4, -0.2) is 14.4 Å². The summed E-state index contributed by atoms with van der Waals surface area (Å²) in [6, 6.07) is 0. The second-order valence-corrected chi connectivity index (χ2v) is 7.34. The van der Waals surface area contributed by atoms with E-state index in [4.69, 9.17) is 9.47 Å². The fraction of sp³-hybridized carbons (Fsp3) is 0.909. The van der Waals surface area contributed by atoms with Crippen molar-refractivity contribution in [3.05, 3.63) is 0 Å². The quantitative estimate of drug-likeness (QED) is 0.330. The Hall–Kier alpha value is 0.730. The molecule has 0 bridgehead atoms. The van der Waals surface area contributed by atoms with Crippen LogP contribution in [0, 0.1) is 11.8 Å². The first kappa shape index (κ1) is 16.7. The minimum Gasteiger partial charge on any atom is -0.420 e. The van der Waals surface area contributed by atoms with Gasteiger partial charge in [-0.05, 0) is 69.9 Å². The number of hydrogen-bond donors (Lipinski definition) is 0. The molecule has 5 heteroatoms. The van der Waals surface area contributed by atoms with Gasteiger partial charge in [-0.15, -0.1) is 0 Å². The molecule has 0 saturated heterocycles. The minimum atomic E-state index is -0.555. The van der Waals surface area contributed by atoms with Gasteiger partial charge in [-0.2, -0.15) is 0 Å². The Balaban J connectivity index is 3.80. The number of halogens is 2. The highest BCUT2D eigenvalue weighted by Crippen LogP contribution is 2.18. The molecule has 16 heavy (non-hydrogen) atoms. The molecule has 0 aromatic heterocycles. The largest absolute Gasteiger partial charge is 0.510 e. The first-order chi connectivity index (χ1) is 7.31. The van der Waals surface area contributed by atoms with E-state index in [9.17, 15) is 4.79 Å². The molecule has 0 aliphatic carbocycles. The summed E-state index contributed by atoms with van der Waals surface area (Å²) in [5.41, 5.74) is 0. The van der Waals surface area contributed by atoms with E-state index in [0.29, 0.717) is 11.8 Å². The standard InChI is InChI=1S/C11H20I2O3/c1-7(2)5-9(12)15-11(14)16-10(13)6-8(3)4/h7-10H,5-6H2,1-4H3. The Kier molecular flexibility index (Phi) is 9.17. The van der Waals surface area contributed by atoms with Crippen LogP contribution in [0.3, 0.4) is 0 Å². The van der Waals surface area contributed by atoms with Crippen LogP contribution in [-0.2, 0) is 9.47 Å². The van der Waals surface area contributed by atoms with Gasteiger partial charge in [0.05, 0.1) is 0 Å². The Morgan fingerprint density at radius 3 is 1.50 bits per heavy atom. The summed E-state index contributed by atoms with van der Waals surface area (Å²) in [4.78, 5) is 11.4. The van der Waals surface area contributed by atoms with Crippen molar-refractivity contribution in [3.8, 4) is 0 Å². The van der Waals surface area contributed by atoms with E-state index in [1.165, 1.54) is 0 Å². The molecule has 0 heterocycles. The number of carbonyl (C=O) groups excluding carboxylic acids is 1. The number of rotatable bonds is 6. The van der Waals surface area contributed by atoms with E-state index in [-0.39, 0.29) is 8.22 Å². The summed E-state index contributed by atoms with van der Waals surface area (Å²) in [6.45, 7) is 8.39. The summed E-state index contributed by atoms with van der Waals surface area (Å²) in [5.74, 6) is 1.03. The summed E-state index contributed by atoms with van der Waals surface area (Å²) < 4.78 is 10.1. The van der Waals surface area contributed by atoms with E-state index in [1.54, 1.807) is 0 Å². The summed E-state index contributed by atoms with van der Waals surface area (Å²) in [5, 5.41) is 0. The van der Waals surface area contributed by atoms with Crippen molar-refractivity contribution >= 4 is 51.3 Å². The van der Waals surface area contributed by atoms with Gasteiger partial charge < -0.3 is 9.47 Å². The second kappa shape index (κ2) is 8.77. The molecule has 0 aliphatic heterocycles. The van der Waals surface area contributed by atoms with Crippen molar-refractivity contribution < 1.29 is 14.3 Å². The predicted octanol–water partition coefficient (Wildman–Crippen LogP) is 4.75. The molecular formula is C11H20I2O3.